The Balaban J connectivity index is 2.19. The third kappa shape index (κ3) is 2.56. The number of carbonyl (C=O) groups excluding carboxylic acids is 1. The molecule has 1 amide bonds. The fourth-order valence-corrected chi connectivity index (χ4v) is 2.53. The zero-order valence-electron chi connectivity index (χ0n) is 11.2. The molecule has 1 aromatic rings. The fraction of sp³-hybridized carbons (Fsp3) is 0.533. The number of hydrogen-bond acceptors (Lipinski definition) is 2. The lowest BCUT2D eigenvalue weighted by atomic mass is 10.0. The zero-order chi connectivity index (χ0) is 13.1. The Morgan fingerprint density at radius 2 is 2.11 bits per heavy atom. The van der Waals surface area contributed by atoms with E-state index in [0.717, 1.165) is 17.5 Å². The summed E-state index contributed by atoms with van der Waals surface area (Å²) < 4.78 is 0. The van der Waals surface area contributed by atoms with Crippen molar-refractivity contribution in [2.75, 3.05) is 13.6 Å². The largest absolute Gasteiger partial charge is 0.337 e. The third-order valence-corrected chi connectivity index (χ3v) is 3.85. The molecule has 2 rings (SSSR count). The number of aryl methyl sites for hydroxylation is 1. The van der Waals surface area contributed by atoms with Crippen LogP contribution in [0.15, 0.2) is 24.3 Å². The minimum absolute atomic E-state index is 0.106. The van der Waals surface area contributed by atoms with Crippen LogP contribution >= 0.6 is 0 Å². The quantitative estimate of drug-likeness (QED) is 0.864. The Labute approximate surface area is 109 Å². The molecule has 1 atom stereocenters. The number of hydrogen-bond donors (Lipinski definition) is 1. The lowest BCUT2D eigenvalue weighted by molar-refractivity contribution is 0.0717. The molecule has 3 nitrogen and oxygen atoms in total. The van der Waals surface area contributed by atoms with Gasteiger partial charge in [0.2, 0.25) is 0 Å². The van der Waals surface area contributed by atoms with Crippen molar-refractivity contribution in [2.45, 2.75) is 32.2 Å². The highest BCUT2D eigenvalue weighted by Crippen LogP contribution is 2.35. The maximum Gasteiger partial charge on any atom is 0.254 e. The second-order valence-corrected chi connectivity index (χ2v) is 5.07. The van der Waals surface area contributed by atoms with Crippen molar-refractivity contribution >= 4 is 5.91 Å². The Hall–Kier alpha value is -1.35. The third-order valence-electron chi connectivity index (χ3n) is 3.85. The molecule has 1 unspecified atom stereocenters. The second-order valence-electron chi connectivity index (χ2n) is 5.07. The van der Waals surface area contributed by atoms with Crippen LogP contribution in [-0.2, 0) is 6.42 Å². The van der Waals surface area contributed by atoms with E-state index in [1.807, 2.05) is 36.2 Å². The molecule has 3 heteroatoms. The van der Waals surface area contributed by atoms with E-state index in [1.54, 1.807) is 0 Å². The predicted molar refractivity (Wildman–Crippen MR) is 73.5 cm³/mol. The minimum atomic E-state index is 0.106. The molecule has 0 bridgehead atoms. The minimum Gasteiger partial charge on any atom is -0.337 e. The lowest BCUT2D eigenvalue weighted by Crippen LogP contribution is -2.43. The number of nitrogens with two attached hydrogens (primary N) is 1. The van der Waals surface area contributed by atoms with Crippen molar-refractivity contribution < 1.29 is 4.79 Å². The van der Waals surface area contributed by atoms with Crippen molar-refractivity contribution in [3.05, 3.63) is 35.4 Å². The summed E-state index contributed by atoms with van der Waals surface area (Å²) >= 11 is 0. The van der Waals surface area contributed by atoms with E-state index < -0.39 is 0 Å². The van der Waals surface area contributed by atoms with Gasteiger partial charge >= 0.3 is 0 Å². The summed E-state index contributed by atoms with van der Waals surface area (Å²) in [6, 6.07) is 8.04. The number of amides is 1. The summed E-state index contributed by atoms with van der Waals surface area (Å²) in [5.74, 6) is 0.715. The van der Waals surface area contributed by atoms with Gasteiger partial charge in [0.05, 0.1) is 0 Å². The molecule has 0 aromatic heterocycles. The van der Waals surface area contributed by atoms with Gasteiger partial charge in [-0.05, 0) is 36.8 Å². The highest BCUT2D eigenvalue weighted by atomic mass is 16.2. The first-order valence-corrected chi connectivity index (χ1v) is 6.74. The number of rotatable bonds is 5. The average Bonchev–Trinajstić information content (AvgIpc) is 3.23. The van der Waals surface area contributed by atoms with Crippen molar-refractivity contribution in [3.8, 4) is 0 Å². The summed E-state index contributed by atoms with van der Waals surface area (Å²) in [6.45, 7) is 2.63. The topological polar surface area (TPSA) is 46.3 Å². The highest BCUT2D eigenvalue weighted by molar-refractivity contribution is 5.95. The molecule has 0 heterocycles. The molecule has 98 valence electrons. The van der Waals surface area contributed by atoms with Gasteiger partial charge in [0.1, 0.15) is 0 Å². The second kappa shape index (κ2) is 5.53. The molecule has 0 spiro atoms. The summed E-state index contributed by atoms with van der Waals surface area (Å²) in [5.41, 5.74) is 7.74. The van der Waals surface area contributed by atoms with Crippen LogP contribution in [0.3, 0.4) is 0 Å². The van der Waals surface area contributed by atoms with E-state index in [9.17, 15) is 4.79 Å². The number of likely N-dealkylation sites (N-methyl/N-ethyl adjacent to an activating group) is 1. The van der Waals surface area contributed by atoms with Crippen molar-refractivity contribution in [2.24, 2.45) is 11.7 Å². The zero-order valence-corrected chi connectivity index (χ0v) is 11.2. The fourth-order valence-electron chi connectivity index (χ4n) is 2.53. The van der Waals surface area contributed by atoms with Gasteiger partial charge in [-0.15, -0.1) is 0 Å². The van der Waals surface area contributed by atoms with E-state index in [-0.39, 0.29) is 11.9 Å². The van der Waals surface area contributed by atoms with Gasteiger partial charge in [0.25, 0.3) is 5.91 Å². The van der Waals surface area contributed by atoms with Crippen molar-refractivity contribution in [3.63, 3.8) is 0 Å². The van der Waals surface area contributed by atoms with Gasteiger partial charge in [0.15, 0.2) is 0 Å². The lowest BCUT2D eigenvalue weighted by Gasteiger charge is -2.28. The summed E-state index contributed by atoms with van der Waals surface area (Å²) in [6.07, 6.45) is 3.29. The van der Waals surface area contributed by atoms with Crippen LogP contribution in [0.25, 0.3) is 0 Å². The average molecular weight is 246 g/mol. The molecule has 1 saturated carbocycles. The highest BCUT2D eigenvalue weighted by Gasteiger charge is 2.35. The maximum atomic E-state index is 12.5. The number of benzene rings is 1. The SMILES string of the molecule is CCc1ccccc1C(=O)N(C)C(CN)C1CC1. The summed E-state index contributed by atoms with van der Waals surface area (Å²) in [7, 11) is 1.88. The molecule has 1 aliphatic rings. The van der Waals surface area contributed by atoms with Gasteiger partial charge in [-0.2, -0.15) is 0 Å². The van der Waals surface area contributed by atoms with Gasteiger partial charge < -0.3 is 10.6 Å². The van der Waals surface area contributed by atoms with Crippen LogP contribution in [0.2, 0.25) is 0 Å². The number of carbonyl (C=O) groups is 1. The van der Waals surface area contributed by atoms with E-state index in [0.29, 0.717) is 12.5 Å². The standard InChI is InChI=1S/C15H22N2O/c1-3-11-6-4-5-7-13(11)15(18)17(2)14(10-16)12-8-9-12/h4-7,12,14H,3,8-10,16H2,1-2H3. The first kappa shape index (κ1) is 13.1. The van der Waals surface area contributed by atoms with Gasteiger partial charge in [-0.1, -0.05) is 25.1 Å². The molecule has 1 fully saturated rings. The van der Waals surface area contributed by atoms with Gasteiger partial charge in [0, 0.05) is 25.2 Å². The predicted octanol–water partition coefficient (Wildman–Crippen LogP) is 2.06. The van der Waals surface area contributed by atoms with Gasteiger partial charge in [-0.25, -0.2) is 0 Å². The van der Waals surface area contributed by atoms with E-state index in [1.165, 1.54) is 12.8 Å². The molecule has 18 heavy (non-hydrogen) atoms. The van der Waals surface area contributed by atoms with E-state index >= 15 is 0 Å². The molecule has 1 aromatic carbocycles. The molecule has 2 N–H and O–H groups in total. The van der Waals surface area contributed by atoms with Crippen LogP contribution < -0.4 is 5.73 Å². The first-order chi connectivity index (χ1) is 8.69. The molecular formula is C15H22N2O. The summed E-state index contributed by atoms with van der Waals surface area (Å²) in [5, 5.41) is 0. The molecule has 1 aliphatic carbocycles. The van der Waals surface area contributed by atoms with Gasteiger partial charge in [-0.3, -0.25) is 4.79 Å². The molecular weight excluding hydrogens is 224 g/mol. The normalized spacial score (nSPS) is 16.4. The van der Waals surface area contributed by atoms with Crippen LogP contribution in [0.4, 0.5) is 0 Å². The molecule has 0 saturated heterocycles. The van der Waals surface area contributed by atoms with Crippen molar-refractivity contribution in [1.29, 1.82) is 0 Å². The van der Waals surface area contributed by atoms with Crippen molar-refractivity contribution in [1.82, 2.24) is 4.90 Å². The summed E-state index contributed by atoms with van der Waals surface area (Å²) in [4.78, 5) is 14.4. The Bertz CT molecular complexity index is 426. The van der Waals surface area contributed by atoms with E-state index in [2.05, 4.69) is 6.92 Å². The smallest absolute Gasteiger partial charge is 0.254 e. The Morgan fingerprint density at radius 1 is 1.44 bits per heavy atom. The van der Waals surface area contributed by atoms with Crippen LogP contribution in [0, 0.1) is 5.92 Å². The molecule has 0 radical (unpaired) electrons. The van der Waals surface area contributed by atoms with Crippen LogP contribution in [-0.4, -0.2) is 30.4 Å². The first-order valence-electron chi connectivity index (χ1n) is 6.74. The monoisotopic (exact) mass is 246 g/mol. The molecule has 0 aliphatic heterocycles. The Kier molecular flexibility index (Phi) is 4.02. The Morgan fingerprint density at radius 3 is 2.67 bits per heavy atom. The van der Waals surface area contributed by atoms with Crippen LogP contribution in [0.1, 0.15) is 35.7 Å². The number of nitrogens with zero attached hydrogens (tertiary/aromatic N) is 1. The van der Waals surface area contributed by atoms with E-state index in [4.69, 9.17) is 5.73 Å². The maximum absolute atomic E-state index is 12.5. The van der Waals surface area contributed by atoms with Crippen LogP contribution in [0.5, 0.6) is 0 Å².